The summed E-state index contributed by atoms with van der Waals surface area (Å²) in [7, 11) is 0. The zero-order valence-electron chi connectivity index (χ0n) is 11.0. The highest BCUT2D eigenvalue weighted by Gasteiger charge is 1.99. The van der Waals surface area contributed by atoms with Crippen LogP contribution in [0.4, 0.5) is 0 Å². The van der Waals surface area contributed by atoms with Gasteiger partial charge in [0.1, 0.15) is 0 Å². The van der Waals surface area contributed by atoms with Gasteiger partial charge in [0.25, 0.3) is 0 Å². The molecule has 0 nitrogen and oxygen atoms in total. The summed E-state index contributed by atoms with van der Waals surface area (Å²) in [5, 5.41) is 2.59. The van der Waals surface area contributed by atoms with Crippen LogP contribution in [0.5, 0.6) is 0 Å². The van der Waals surface area contributed by atoms with E-state index in [1.54, 1.807) is 0 Å². The molecule has 0 aromatic heterocycles. The van der Waals surface area contributed by atoms with E-state index in [1.807, 2.05) is 0 Å². The molecule has 0 unspecified atom stereocenters. The predicted molar refractivity (Wildman–Crippen MR) is 83.9 cm³/mol. The average Bonchev–Trinajstić information content (AvgIpc) is 2.48. The van der Waals surface area contributed by atoms with Gasteiger partial charge < -0.3 is 0 Å². The first kappa shape index (κ1) is 11.7. The largest absolute Gasteiger partial charge is 0.0622 e. The van der Waals surface area contributed by atoms with E-state index in [0.29, 0.717) is 0 Å². The fraction of sp³-hybridized carbons (Fsp3) is 0.0526. The first-order valence-electron chi connectivity index (χ1n) is 6.56. The Morgan fingerprint density at radius 1 is 0.737 bits per heavy atom. The van der Waals surface area contributed by atoms with E-state index in [1.165, 1.54) is 27.5 Å². The van der Waals surface area contributed by atoms with Gasteiger partial charge in [-0.2, -0.15) is 0 Å². The van der Waals surface area contributed by atoms with Crippen molar-refractivity contribution in [3.05, 3.63) is 83.9 Å². The van der Waals surface area contributed by atoms with Crippen LogP contribution in [0.2, 0.25) is 0 Å². The number of hydrogen-bond acceptors (Lipinski definition) is 0. The quantitative estimate of drug-likeness (QED) is 0.529. The van der Waals surface area contributed by atoms with E-state index < -0.39 is 0 Å². The fourth-order valence-corrected chi connectivity index (χ4v) is 2.39. The number of hydrogen-bond donors (Lipinski definition) is 0. The maximum absolute atomic E-state index is 2.26. The summed E-state index contributed by atoms with van der Waals surface area (Å²) in [5.41, 5.74) is 3.84. The van der Waals surface area contributed by atoms with Gasteiger partial charge in [0.05, 0.1) is 0 Å². The maximum atomic E-state index is 2.26. The molecule has 0 spiro atoms. The van der Waals surface area contributed by atoms with Gasteiger partial charge in [0.2, 0.25) is 0 Å². The second-order valence-corrected chi connectivity index (χ2v) is 4.76. The van der Waals surface area contributed by atoms with Gasteiger partial charge in [-0.1, -0.05) is 78.9 Å². The molecule has 0 N–H and O–H groups in total. The van der Waals surface area contributed by atoms with Crippen molar-refractivity contribution in [2.45, 2.75) is 6.92 Å². The average molecular weight is 244 g/mol. The molecule has 0 heteroatoms. The van der Waals surface area contributed by atoms with Crippen LogP contribution in [0.1, 0.15) is 18.1 Å². The number of benzene rings is 3. The normalized spacial score (nSPS) is 11.7. The minimum Gasteiger partial charge on any atom is -0.0622 e. The Morgan fingerprint density at radius 2 is 1.42 bits per heavy atom. The zero-order valence-corrected chi connectivity index (χ0v) is 11.0. The molecule has 3 aromatic carbocycles. The minimum atomic E-state index is 1.27. The topological polar surface area (TPSA) is 0 Å². The third kappa shape index (κ3) is 2.43. The first-order chi connectivity index (χ1) is 9.34. The van der Waals surface area contributed by atoms with Crippen molar-refractivity contribution in [3.63, 3.8) is 0 Å². The minimum absolute atomic E-state index is 1.27. The second kappa shape index (κ2) is 5.11. The van der Waals surface area contributed by atoms with Gasteiger partial charge >= 0.3 is 0 Å². The third-order valence-electron chi connectivity index (χ3n) is 3.42. The molecule has 0 fully saturated rings. The van der Waals surface area contributed by atoms with Crippen LogP contribution < -0.4 is 0 Å². The summed E-state index contributed by atoms with van der Waals surface area (Å²) < 4.78 is 0. The molecule has 0 aliphatic rings. The number of fused-ring (bicyclic) bond motifs is 1. The van der Waals surface area contributed by atoms with E-state index in [-0.39, 0.29) is 0 Å². The van der Waals surface area contributed by atoms with Crippen molar-refractivity contribution in [1.82, 2.24) is 0 Å². The van der Waals surface area contributed by atoms with Crippen LogP contribution in [0.3, 0.4) is 0 Å². The van der Waals surface area contributed by atoms with Crippen molar-refractivity contribution in [2.24, 2.45) is 0 Å². The Balaban J connectivity index is 2.11. The summed E-state index contributed by atoms with van der Waals surface area (Å²) in [5.74, 6) is 0. The molecular formula is C19H16. The summed E-state index contributed by atoms with van der Waals surface area (Å²) >= 11 is 0. The van der Waals surface area contributed by atoms with Crippen molar-refractivity contribution in [3.8, 4) is 0 Å². The molecule has 0 amide bonds. The van der Waals surface area contributed by atoms with Crippen molar-refractivity contribution in [1.29, 1.82) is 0 Å². The third-order valence-corrected chi connectivity index (χ3v) is 3.42. The van der Waals surface area contributed by atoms with Crippen molar-refractivity contribution >= 4 is 22.4 Å². The van der Waals surface area contributed by atoms with Gasteiger partial charge in [-0.15, -0.1) is 0 Å². The van der Waals surface area contributed by atoms with E-state index in [2.05, 4.69) is 85.8 Å². The standard InChI is InChI=1S/C19H16/c1-15(16-8-3-2-4-9-16)14-18-12-7-11-17-10-5-6-13-19(17)18/h2-14H,1H3/b15-14-. The first-order valence-corrected chi connectivity index (χ1v) is 6.56. The van der Waals surface area contributed by atoms with Crippen LogP contribution in [0, 0.1) is 0 Å². The van der Waals surface area contributed by atoms with Crippen LogP contribution >= 0.6 is 0 Å². The van der Waals surface area contributed by atoms with Crippen molar-refractivity contribution < 1.29 is 0 Å². The number of rotatable bonds is 2. The summed E-state index contributed by atoms with van der Waals surface area (Å²) in [6, 6.07) is 25.5. The predicted octanol–water partition coefficient (Wildman–Crippen LogP) is 5.40. The Kier molecular flexibility index (Phi) is 3.16. The summed E-state index contributed by atoms with van der Waals surface area (Å²) in [6.45, 7) is 2.16. The van der Waals surface area contributed by atoms with Crippen molar-refractivity contribution in [2.75, 3.05) is 0 Å². The molecular weight excluding hydrogens is 228 g/mol. The van der Waals surface area contributed by atoms with Gasteiger partial charge in [-0.3, -0.25) is 0 Å². The fourth-order valence-electron chi connectivity index (χ4n) is 2.39. The molecule has 0 saturated carbocycles. The smallest absolute Gasteiger partial charge is 0.0111 e. The Hall–Kier alpha value is -2.34. The molecule has 0 atom stereocenters. The van der Waals surface area contributed by atoms with Gasteiger partial charge in [-0.05, 0) is 34.4 Å². The van der Waals surface area contributed by atoms with E-state index >= 15 is 0 Å². The molecule has 0 aliphatic heterocycles. The molecule has 92 valence electrons. The highest BCUT2D eigenvalue weighted by Crippen LogP contribution is 2.23. The van der Waals surface area contributed by atoms with E-state index in [0.717, 1.165) is 0 Å². The van der Waals surface area contributed by atoms with Gasteiger partial charge in [0, 0.05) is 0 Å². The molecule has 0 heterocycles. The van der Waals surface area contributed by atoms with Crippen LogP contribution in [0.15, 0.2) is 72.8 Å². The Bertz CT molecular complexity index is 716. The molecule has 3 rings (SSSR count). The second-order valence-electron chi connectivity index (χ2n) is 4.76. The lowest BCUT2D eigenvalue weighted by atomic mass is 10.00. The lowest BCUT2D eigenvalue weighted by Crippen LogP contribution is -1.81. The highest BCUT2D eigenvalue weighted by molar-refractivity contribution is 5.95. The zero-order chi connectivity index (χ0) is 13.1. The molecule has 0 bridgehead atoms. The molecule has 0 radical (unpaired) electrons. The lowest BCUT2D eigenvalue weighted by molar-refractivity contribution is 1.58. The highest BCUT2D eigenvalue weighted by atomic mass is 14.0. The number of allylic oxidation sites excluding steroid dienone is 1. The van der Waals surface area contributed by atoms with Gasteiger partial charge in [-0.25, -0.2) is 0 Å². The van der Waals surface area contributed by atoms with E-state index in [9.17, 15) is 0 Å². The molecule has 3 aromatic rings. The van der Waals surface area contributed by atoms with E-state index in [4.69, 9.17) is 0 Å². The monoisotopic (exact) mass is 244 g/mol. The SMILES string of the molecule is C/C(=C/c1cccc2ccccc12)c1ccccc1. The van der Waals surface area contributed by atoms with Crippen LogP contribution in [-0.4, -0.2) is 0 Å². The summed E-state index contributed by atoms with van der Waals surface area (Å²) in [6.07, 6.45) is 2.26. The van der Waals surface area contributed by atoms with Crippen LogP contribution in [0.25, 0.3) is 22.4 Å². The van der Waals surface area contributed by atoms with Gasteiger partial charge in [0.15, 0.2) is 0 Å². The Labute approximate surface area is 114 Å². The van der Waals surface area contributed by atoms with Crippen LogP contribution in [-0.2, 0) is 0 Å². The maximum Gasteiger partial charge on any atom is -0.0111 e. The summed E-state index contributed by atoms with van der Waals surface area (Å²) in [4.78, 5) is 0. The lowest BCUT2D eigenvalue weighted by Gasteiger charge is -2.05. The molecule has 0 aliphatic carbocycles. The molecule has 0 saturated heterocycles. The Morgan fingerprint density at radius 3 is 2.26 bits per heavy atom. The molecule has 19 heavy (non-hydrogen) atoms.